The Bertz CT molecular complexity index is 1430. The fourth-order valence-electron chi connectivity index (χ4n) is 3.93. The number of nitrogens with zero attached hydrogens (tertiary/aromatic N) is 3. The molecular weight excluding hydrogens is 589 g/mol. The summed E-state index contributed by atoms with van der Waals surface area (Å²) < 4.78 is 48.2. The van der Waals surface area contributed by atoms with E-state index in [1.54, 1.807) is 47.4 Å². The van der Waals surface area contributed by atoms with Crippen LogP contribution in [0.5, 0.6) is 23.1 Å². The van der Waals surface area contributed by atoms with Gasteiger partial charge in [0.2, 0.25) is 0 Å². The molecule has 0 aliphatic carbocycles. The summed E-state index contributed by atoms with van der Waals surface area (Å²) >= 11 is 1.22. The molecular formula is C27H34N3O10PS. The summed E-state index contributed by atoms with van der Waals surface area (Å²) in [5.41, 5.74) is 0.853. The zero-order chi connectivity index (χ0) is 30.0. The van der Waals surface area contributed by atoms with Gasteiger partial charge in [0, 0.05) is 43.0 Å². The molecule has 1 fully saturated rings. The van der Waals surface area contributed by atoms with Crippen molar-refractivity contribution in [2.75, 3.05) is 41.2 Å². The third-order valence-corrected chi connectivity index (χ3v) is 8.68. The Labute approximate surface area is 247 Å². The van der Waals surface area contributed by atoms with E-state index in [0.29, 0.717) is 60.4 Å². The van der Waals surface area contributed by atoms with Gasteiger partial charge >= 0.3 is 7.60 Å². The summed E-state index contributed by atoms with van der Waals surface area (Å²) in [6.45, 7) is 3.17. The normalized spacial score (nSPS) is 15.8. The van der Waals surface area contributed by atoms with E-state index >= 15 is 0 Å². The predicted octanol–water partition coefficient (Wildman–Crippen LogP) is 4.96. The van der Waals surface area contributed by atoms with E-state index in [-0.39, 0.29) is 30.4 Å². The average molecular weight is 624 g/mol. The maximum atomic E-state index is 13.5. The molecule has 1 aliphatic heterocycles. The maximum absolute atomic E-state index is 13.5. The third kappa shape index (κ3) is 8.71. The van der Waals surface area contributed by atoms with Gasteiger partial charge in [-0.2, -0.15) is 9.88 Å². The number of aromatic nitrogens is 2. The lowest BCUT2D eigenvalue weighted by Crippen LogP contribution is -2.22. The van der Waals surface area contributed by atoms with Crippen molar-refractivity contribution in [3.05, 3.63) is 58.0 Å². The molecule has 1 atom stereocenters. The first-order valence-corrected chi connectivity index (χ1v) is 15.8. The van der Waals surface area contributed by atoms with Crippen LogP contribution in [0.4, 0.5) is 0 Å². The minimum Gasteiger partial charge on any atom is -0.488 e. The first-order valence-electron chi connectivity index (χ1n) is 13.1. The van der Waals surface area contributed by atoms with E-state index < -0.39 is 13.5 Å². The first-order chi connectivity index (χ1) is 20.4. The van der Waals surface area contributed by atoms with E-state index in [9.17, 15) is 9.36 Å². The highest BCUT2D eigenvalue weighted by atomic mass is 32.1. The summed E-state index contributed by atoms with van der Waals surface area (Å²) in [5.74, 6) is 0.860. The number of methoxy groups -OCH3 is 2. The van der Waals surface area contributed by atoms with Crippen molar-refractivity contribution in [1.29, 1.82) is 0 Å². The minimum atomic E-state index is -3.30. The number of carbonyl (C=O) groups excluding carboxylic acids is 1. The van der Waals surface area contributed by atoms with Crippen LogP contribution in [0.25, 0.3) is 0 Å². The van der Waals surface area contributed by atoms with E-state index in [2.05, 4.69) is 14.9 Å². The van der Waals surface area contributed by atoms with Gasteiger partial charge in [-0.3, -0.25) is 13.9 Å². The fraction of sp³-hybridized carbons (Fsp3) is 0.444. The summed E-state index contributed by atoms with van der Waals surface area (Å²) in [6.07, 6.45) is 2.62. The zero-order valence-electron chi connectivity index (χ0n) is 23.8. The zero-order valence-corrected chi connectivity index (χ0v) is 25.6. The predicted molar refractivity (Wildman–Crippen MR) is 152 cm³/mol. The molecule has 4 rings (SSSR count). The lowest BCUT2D eigenvalue weighted by Gasteiger charge is -2.23. The van der Waals surface area contributed by atoms with Crippen LogP contribution >= 0.6 is 18.9 Å². The molecule has 2 aromatic heterocycles. The Balaban J connectivity index is 1.65. The second-order valence-corrected chi connectivity index (χ2v) is 11.9. The van der Waals surface area contributed by atoms with Gasteiger partial charge in [0.25, 0.3) is 11.8 Å². The Morgan fingerprint density at radius 1 is 1.12 bits per heavy atom. The number of benzene rings is 1. The van der Waals surface area contributed by atoms with E-state index in [1.807, 2.05) is 6.92 Å². The van der Waals surface area contributed by atoms with Gasteiger partial charge in [-0.1, -0.05) is 6.92 Å². The summed E-state index contributed by atoms with van der Waals surface area (Å²) in [4.78, 5) is 31.8. The van der Waals surface area contributed by atoms with Gasteiger partial charge in [0.05, 0.1) is 39.3 Å². The van der Waals surface area contributed by atoms with E-state index in [4.69, 9.17) is 32.9 Å². The van der Waals surface area contributed by atoms with E-state index in [0.717, 1.165) is 0 Å². The topological polar surface area (TPSA) is 138 Å². The molecule has 0 spiro atoms. The summed E-state index contributed by atoms with van der Waals surface area (Å²) in [7, 11) is 1.19. The van der Waals surface area contributed by atoms with Crippen LogP contribution in [0.2, 0.25) is 0 Å². The van der Waals surface area contributed by atoms with Crippen molar-refractivity contribution in [2.45, 2.75) is 38.8 Å². The molecule has 3 aromatic rings. The second kappa shape index (κ2) is 15.4. The van der Waals surface area contributed by atoms with Crippen molar-refractivity contribution in [1.82, 2.24) is 9.55 Å². The fourth-order valence-corrected chi connectivity index (χ4v) is 6.66. The lowest BCUT2D eigenvalue weighted by atomic mass is 10.2. The SMILES string of the molecule is CCC(COC)Oc1cc(Oc2ccc(OOC)nc2)cc(C(=O)N=c2scc(CP3(=O)OCCCO3)n2COC)c1. The van der Waals surface area contributed by atoms with Crippen molar-refractivity contribution in [2.24, 2.45) is 4.99 Å². The smallest absolute Gasteiger partial charge is 0.336 e. The van der Waals surface area contributed by atoms with Gasteiger partial charge in [0.1, 0.15) is 30.1 Å². The number of hydrogen-bond donors (Lipinski definition) is 0. The standard InChI is InChI=1S/C27H34N3O10PS/c1-5-21(15-33-2)38-23-11-19(12-24(13-23)39-22-7-8-25(28-14-22)40-35-4)26(31)29-27-30(18-34-3)20(17-42-27)16-41(32)36-9-6-10-37-41/h7-8,11-14,17,21H,5-6,9-10,15-16,18H2,1-4H3. The van der Waals surface area contributed by atoms with Gasteiger partial charge in [0.15, 0.2) is 4.80 Å². The Morgan fingerprint density at radius 2 is 1.90 bits per heavy atom. The number of rotatable bonds is 14. The molecule has 1 saturated heterocycles. The quantitative estimate of drug-likeness (QED) is 0.137. The Morgan fingerprint density at radius 3 is 2.57 bits per heavy atom. The maximum Gasteiger partial charge on any atom is 0.336 e. The van der Waals surface area contributed by atoms with E-state index in [1.165, 1.54) is 31.8 Å². The molecule has 0 radical (unpaired) electrons. The number of hydrogen-bond acceptors (Lipinski definition) is 12. The molecule has 15 heteroatoms. The Hall–Kier alpha value is -3.10. The van der Waals surface area contributed by atoms with Crippen molar-refractivity contribution in [3.63, 3.8) is 0 Å². The average Bonchev–Trinajstić information content (AvgIpc) is 3.34. The molecule has 1 aromatic carbocycles. The van der Waals surface area contributed by atoms with Crippen LogP contribution in [0.1, 0.15) is 35.8 Å². The largest absolute Gasteiger partial charge is 0.488 e. The number of amides is 1. The van der Waals surface area contributed by atoms with Crippen LogP contribution in [0.15, 0.2) is 46.9 Å². The van der Waals surface area contributed by atoms with Gasteiger partial charge in [-0.05, 0) is 31.0 Å². The molecule has 228 valence electrons. The lowest BCUT2D eigenvalue weighted by molar-refractivity contribution is -0.181. The number of pyridine rings is 1. The van der Waals surface area contributed by atoms with Crippen LogP contribution in [-0.2, 0) is 40.9 Å². The van der Waals surface area contributed by atoms with Crippen molar-refractivity contribution >= 4 is 24.8 Å². The summed E-state index contributed by atoms with van der Waals surface area (Å²) in [6, 6.07) is 8.05. The van der Waals surface area contributed by atoms with Crippen LogP contribution in [0.3, 0.4) is 0 Å². The molecule has 1 unspecified atom stereocenters. The van der Waals surface area contributed by atoms with Crippen molar-refractivity contribution in [3.8, 4) is 23.1 Å². The number of carbonyl (C=O) groups is 1. The van der Waals surface area contributed by atoms with Gasteiger partial charge < -0.3 is 32.9 Å². The molecule has 1 amide bonds. The molecule has 0 saturated carbocycles. The number of ether oxygens (including phenoxy) is 4. The molecule has 0 N–H and O–H groups in total. The molecule has 0 bridgehead atoms. The highest BCUT2D eigenvalue weighted by Crippen LogP contribution is 2.53. The van der Waals surface area contributed by atoms with Gasteiger partial charge in [-0.25, -0.2) is 4.98 Å². The minimum absolute atomic E-state index is 0.0397. The number of thiazole rings is 1. The summed E-state index contributed by atoms with van der Waals surface area (Å²) in [5, 5.41) is 1.76. The Kier molecular flexibility index (Phi) is 11.7. The van der Waals surface area contributed by atoms with Crippen molar-refractivity contribution < 1.29 is 47.1 Å². The monoisotopic (exact) mass is 623 g/mol. The van der Waals surface area contributed by atoms with Crippen LogP contribution in [-0.4, -0.2) is 62.7 Å². The van der Waals surface area contributed by atoms with Gasteiger partial charge in [-0.15, -0.1) is 11.3 Å². The van der Waals surface area contributed by atoms with Crippen LogP contribution < -0.4 is 19.2 Å². The first kappa shape index (κ1) is 31.8. The molecule has 1 aliphatic rings. The second-order valence-electron chi connectivity index (χ2n) is 9.04. The molecule has 3 heterocycles. The third-order valence-electron chi connectivity index (χ3n) is 5.90. The highest BCUT2D eigenvalue weighted by Gasteiger charge is 2.30. The van der Waals surface area contributed by atoms with Crippen LogP contribution in [0, 0.1) is 0 Å². The highest BCUT2D eigenvalue weighted by molar-refractivity contribution is 7.53. The molecule has 42 heavy (non-hydrogen) atoms. The molecule has 13 nitrogen and oxygen atoms in total.